The maximum absolute atomic E-state index is 12.5. The van der Waals surface area contributed by atoms with Crippen molar-refractivity contribution in [2.45, 2.75) is 21.0 Å². The Bertz CT molecular complexity index is 1420. The first kappa shape index (κ1) is 27.3. The van der Waals surface area contributed by atoms with Crippen LogP contribution in [0.5, 0.6) is 0 Å². The molecule has 3 aromatic carbocycles. The van der Waals surface area contributed by atoms with Gasteiger partial charge in [-0.25, -0.2) is 9.97 Å². The van der Waals surface area contributed by atoms with Crippen molar-refractivity contribution in [3.63, 3.8) is 0 Å². The Balaban J connectivity index is 1.49. The van der Waals surface area contributed by atoms with Crippen LogP contribution in [0.1, 0.15) is 11.1 Å². The molecule has 0 saturated heterocycles. The number of hydrogen-bond donors (Lipinski definition) is 2. The monoisotopic (exact) mass is 557 g/mol. The lowest BCUT2D eigenvalue weighted by molar-refractivity contribution is -0.114. The number of para-hydroxylation sites is 2. The molecule has 0 radical (unpaired) electrons. The molecule has 0 spiro atoms. The molecule has 0 aliphatic rings. The van der Waals surface area contributed by atoms with Gasteiger partial charge in [-0.15, -0.1) is 11.8 Å². The van der Waals surface area contributed by atoms with Gasteiger partial charge in [-0.1, -0.05) is 90.3 Å². The number of nitriles is 1. The molecule has 2 amide bonds. The second-order valence-electron chi connectivity index (χ2n) is 7.78. The first-order chi connectivity index (χ1) is 18.6. The summed E-state index contributed by atoms with van der Waals surface area (Å²) >= 11 is 3.78. The van der Waals surface area contributed by atoms with Gasteiger partial charge in [-0.3, -0.25) is 9.59 Å². The fourth-order valence-corrected chi connectivity index (χ4v) is 5.73. The summed E-state index contributed by atoms with van der Waals surface area (Å²) in [6, 6.07) is 30.5. The van der Waals surface area contributed by atoms with E-state index in [1.165, 1.54) is 35.3 Å². The molecule has 0 fully saturated rings. The van der Waals surface area contributed by atoms with E-state index in [-0.39, 0.29) is 23.3 Å². The lowest BCUT2D eigenvalue weighted by Crippen LogP contribution is -2.15. The van der Waals surface area contributed by atoms with E-state index in [2.05, 4.69) is 26.7 Å². The van der Waals surface area contributed by atoms with Gasteiger partial charge in [0.05, 0.1) is 11.5 Å². The van der Waals surface area contributed by atoms with Crippen molar-refractivity contribution in [1.29, 1.82) is 5.26 Å². The minimum atomic E-state index is -0.210. The van der Waals surface area contributed by atoms with Crippen LogP contribution in [0.4, 0.5) is 11.4 Å². The van der Waals surface area contributed by atoms with E-state index in [4.69, 9.17) is 0 Å². The van der Waals surface area contributed by atoms with Crippen LogP contribution in [-0.4, -0.2) is 33.3 Å². The van der Waals surface area contributed by atoms with Crippen LogP contribution >= 0.6 is 35.3 Å². The summed E-state index contributed by atoms with van der Waals surface area (Å²) < 4.78 is 0. The predicted molar refractivity (Wildman–Crippen MR) is 154 cm³/mol. The number of thioether (sulfide) groups is 3. The van der Waals surface area contributed by atoms with Gasteiger partial charge in [-0.05, 0) is 29.8 Å². The fourth-order valence-electron chi connectivity index (χ4n) is 3.20. The smallest absolute Gasteiger partial charge is 0.234 e. The molecule has 7 nitrogen and oxygen atoms in total. The molecule has 2 N–H and O–H groups in total. The normalized spacial score (nSPS) is 10.4. The Morgan fingerprint density at radius 3 is 1.68 bits per heavy atom. The van der Waals surface area contributed by atoms with E-state index >= 15 is 0 Å². The largest absolute Gasteiger partial charge is 0.325 e. The summed E-state index contributed by atoms with van der Waals surface area (Å²) in [6.07, 6.45) is 0. The van der Waals surface area contributed by atoms with Crippen LogP contribution in [0, 0.1) is 11.3 Å². The fraction of sp³-hybridized carbons (Fsp3) is 0.107. The third-order valence-corrected chi connectivity index (χ3v) is 7.81. The van der Waals surface area contributed by atoms with Crippen molar-refractivity contribution in [2.24, 2.45) is 0 Å². The molecule has 0 unspecified atom stereocenters. The third kappa shape index (κ3) is 8.38. The number of carbonyl (C=O) groups is 2. The Labute approximate surface area is 233 Å². The number of nitrogens with one attached hydrogen (secondary N) is 2. The average Bonchev–Trinajstić information content (AvgIpc) is 2.95. The molecule has 0 aliphatic heterocycles. The highest BCUT2D eigenvalue weighted by Crippen LogP contribution is 2.32. The molecule has 1 aromatic heterocycles. The minimum Gasteiger partial charge on any atom is -0.325 e. The van der Waals surface area contributed by atoms with Crippen LogP contribution in [0.15, 0.2) is 106 Å². The van der Waals surface area contributed by atoms with E-state index in [9.17, 15) is 14.9 Å². The third-order valence-electron chi connectivity index (χ3n) is 4.94. The van der Waals surface area contributed by atoms with Gasteiger partial charge in [0.25, 0.3) is 0 Å². The molecule has 0 atom stereocenters. The van der Waals surface area contributed by atoms with Crippen LogP contribution in [0.2, 0.25) is 0 Å². The lowest BCUT2D eigenvalue weighted by atomic mass is 10.2. The molecule has 4 rings (SSSR count). The first-order valence-corrected chi connectivity index (χ1v) is 14.5. The van der Waals surface area contributed by atoms with E-state index < -0.39 is 0 Å². The van der Waals surface area contributed by atoms with Gasteiger partial charge in [0.15, 0.2) is 5.16 Å². The number of aromatic nitrogens is 2. The Morgan fingerprint density at radius 1 is 0.684 bits per heavy atom. The van der Waals surface area contributed by atoms with Gasteiger partial charge in [0.2, 0.25) is 11.8 Å². The van der Waals surface area contributed by atoms with E-state index in [0.29, 0.717) is 37.9 Å². The van der Waals surface area contributed by atoms with Crippen molar-refractivity contribution in [3.05, 3.63) is 102 Å². The molecule has 38 heavy (non-hydrogen) atoms. The van der Waals surface area contributed by atoms with Crippen LogP contribution in [-0.2, 0) is 15.3 Å². The van der Waals surface area contributed by atoms with E-state index in [1.54, 1.807) is 0 Å². The summed E-state index contributed by atoms with van der Waals surface area (Å²) in [6.45, 7) is 0. The number of anilines is 2. The Kier molecular flexibility index (Phi) is 10.2. The summed E-state index contributed by atoms with van der Waals surface area (Å²) in [5.74, 6) is 0.385. The molecular weight excluding hydrogens is 535 g/mol. The van der Waals surface area contributed by atoms with Crippen molar-refractivity contribution in [3.8, 4) is 6.07 Å². The van der Waals surface area contributed by atoms with Gasteiger partial charge in [0.1, 0.15) is 21.7 Å². The lowest BCUT2D eigenvalue weighted by Gasteiger charge is -2.11. The molecule has 0 bridgehead atoms. The highest BCUT2D eigenvalue weighted by Gasteiger charge is 2.18. The first-order valence-electron chi connectivity index (χ1n) is 11.5. The number of rotatable bonds is 11. The van der Waals surface area contributed by atoms with Crippen molar-refractivity contribution in [1.82, 2.24) is 9.97 Å². The highest BCUT2D eigenvalue weighted by atomic mass is 32.2. The molecule has 0 aliphatic carbocycles. The number of hydrogen-bond acceptors (Lipinski definition) is 8. The summed E-state index contributed by atoms with van der Waals surface area (Å²) in [7, 11) is 0. The summed E-state index contributed by atoms with van der Waals surface area (Å²) in [5, 5.41) is 16.9. The van der Waals surface area contributed by atoms with E-state index in [1.807, 2.05) is 91.0 Å². The van der Waals surface area contributed by atoms with Gasteiger partial charge >= 0.3 is 0 Å². The molecule has 190 valence electrons. The maximum Gasteiger partial charge on any atom is 0.234 e. The van der Waals surface area contributed by atoms with Crippen molar-refractivity contribution < 1.29 is 9.59 Å². The van der Waals surface area contributed by atoms with Gasteiger partial charge < -0.3 is 10.6 Å². The zero-order valence-electron chi connectivity index (χ0n) is 20.2. The zero-order chi connectivity index (χ0) is 26.6. The second-order valence-corrected chi connectivity index (χ2v) is 10.7. The van der Waals surface area contributed by atoms with Crippen molar-refractivity contribution in [2.75, 3.05) is 22.1 Å². The molecule has 10 heteroatoms. The quantitative estimate of drug-likeness (QED) is 0.129. The minimum absolute atomic E-state index is 0.0714. The predicted octanol–water partition coefficient (Wildman–Crippen LogP) is 6.10. The highest BCUT2D eigenvalue weighted by molar-refractivity contribution is 8.01. The zero-order valence-corrected chi connectivity index (χ0v) is 22.6. The van der Waals surface area contributed by atoms with Gasteiger partial charge in [0, 0.05) is 17.1 Å². The molecule has 1 heterocycles. The number of nitrogens with zero attached hydrogens (tertiary/aromatic N) is 3. The summed E-state index contributed by atoms with van der Waals surface area (Å²) in [5.41, 5.74) is 2.81. The van der Waals surface area contributed by atoms with Crippen molar-refractivity contribution >= 4 is 58.5 Å². The van der Waals surface area contributed by atoms with Gasteiger partial charge in [-0.2, -0.15) is 5.26 Å². The SMILES string of the molecule is N#Cc1c(SCC(=O)Nc2ccccc2)nc(SCC(=O)Nc2ccccc2)nc1SCc1ccccc1. The number of carbonyl (C=O) groups excluding carboxylic acids is 2. The van der Waals surface area contributed by atoms with Crippen LogP contribution in [0.3, 0.4) is 0 Å². The molecular formula is C28H23N5O2S3. The standard InChI is InChI=1S/C28H23N5O2S3/c29-16-23-26(36-17-20-10-4-1-5-11-20)32-28(38-19-25(35)31-22-14-8-3-9-15-22)33-27(23)37-18-24(34)30-21-12-6-2-7-13-21/h1-15H,17-19H2,(H,30,34)(H,31,35). The summed E-state index contributed by atoms with van der Waals surface area (Å²) in [4.78, 5) is 34.1. The van der Waals surface area contributed by atoms with Crippen LogP contribution in [0.25, 0.3) is 0 Å². The Hall–Kier alpha value is -3.78. The van der Waals surface area contributed by atoms with Crippen LogP contribution < -0.4 is 10.6 Å². The second kappa shape index (κ2) is 14.2. The average molecular weight is 558 g/mol. The molecule has 0 saturated carbocycles. The number of benzene rings is 3. The maximum atomic E-state index is 12.5. The Morgan fingerprint density at radius 2 is 1.16 bits per heavy atom. The van der Waals surface area contributed by atoms with E-state index in [0.717, 1.165) is 5.56 Å². The number of amides is 2. The molecule has 4 aromatic rings. The topological polar surface area (TPSA) is 108 Å².